The Kier molecular flexibility index (Phi) is 5.27. The number of hydrogen-bond donors (Lipinski definition) is 1. The summed E-state index contributed by atoms with van der Waals surface area (Å²) in [6, 6.07) is -0.605. The van der Waals surface area contributed by atoms with Crippen LogP contribution < -0.4 is 5.73 Å². The Morgan fingerprint density at radius 3 is 2.87 bits per heavy atom. The summed E-state index contributed by atoms with van der Waals surface area (Å²) >= 11 is 1.01. The molecule has 0 radical (unpaired) electrons. The lowest BCUT2D eigenvalue weighted by molar-refractivity contribution is -0.130. The van der Waals surface area contributed by atoms with Crippen LogP contribution in [0.15, 0.2) is 27.3 Å². The number of imide groups is 1. The summed E-state index contributed by atoms with van der Waals surface area (Å²) in [6.45, 7) is 5.21. The zero-order chi connectivity index (χ0) is 17.0. The van der Waals surface area contributed by atoms with Gasteiger partial charge in [0.1, 0.15) is 0 Å². The molecular formula is C13H15N5O4S. The molecule has 1 unspecified atom stereocenters. The number of aliphatic imine (C=N–C) groups is 1. The molecule has 0 bridgehead atoms. The molecule has 1 aliphatic heterocycles. The van der Waals surface area contributed by atoms with Gasteiger partial charge in [-0.1, -0.05) is 17.8 Å². The summed E-state index contributed by atoms with van der Waals surface area (Å²) in [5.41, 5.74) is 5.43. The van der Waals surface area contributed by atoms with Gasteiger partial charge in [-0.2, -0.15) is 0 Å². The highest BCUT2D eigenvalue weighted by molar-refractivity contribution is 7.99. The first-order chi connectivity index (χ1) is 10.9. The number of primary amides is 1. The fraction of sp³-hybridized carbons (Fsp3) is 0.385. The highest BCUT2D eigenvalue weighted by atomic mass is 32.2. The Bertz CT molecular complexity index is 684. The second-order valence-electron chi connectivity index (χ2n) is 4.75. The van der Waals surface area contributed by atoms with Crippen LogP contribution in [0.5, 0.6) is 0 Å². The van der Waals surface area contributed by atoms with Gasteiger partial charge in [0.05, 0.1) is 11.7 Å². The maximum atomic E-state index is 12.4. The molecule has 2 heterocycles. The van der Waals surface area contributed by atoms with Crippen molar-refractivity contribution in [2.24, 2.45) is 16.6 Å². The van der Waals surface area contributed by atoms with Gasteiger partial charge in [0.25, 0.3) is 5.22 Å². The summed E-state index contributed by atoms with van der Waals surface area (Å²) in [6.07, 6.45) is 1.58. The zero-order valence-electron chi connectivity index (χ0n) is 12.4. The smallest absolute Gasteiger partial charge is 0.350 e. The van der Waals surface area contributed by atoms with E-state index in [0.29, 0.717) is 5.71 Å². The average Bonchev–Trinajstić information content (AvgIpc) is 2.93. The third kappa shape index (κ3) is 4.03. The molecule has 0 fully saturated rings. The first-order valence-corrected chi connectivity index (χ1v) is 7.65. The summed E-state index contributed by atoms with van der Waals surface area (Å²) in [7, 11) is 0. The van der Waals surface area contributed by atoms with Crippen molar-refractivity contribution in [1.29, 1.82) is 0 Å². The Labute approximate surface area is 136 Å². The summed E-state index contributed by atoms with van der Waals surface area (Å²) < 4.78 is 5.36. The van der Waals surface area contributed by atoms with Crippen molar-refractivity contribution >= 4 is 35.3 Å². The van der Waals surface area contributed by atoms with Gasteiger partial charge in [0, 0.05) is 18.7 Å². The van der Waals surface area contributed by atoms with E-state index in [1.54, 1.807) is 6.92 Å². The van der Waals surface area contributed by atoms with E-state index in [2.05, 4.69) is 21.8 Å². The van der Waals surface area contributed by atoms with Crippen molar-refractivity contribution in [2.45, 2.75) is 18.6 Å². The lowest BCUT2D eigenvalue weighted by Crippen LogP contribution is -2.46. The first kappa shape index (κ1) is 16.9. The van der Waals surface area contributed by atoms with Crippen molar-refractivity contribution < 1.29 is 18.8 Å². The van der Waals surface area contributed by atoms with Crippen molar-refractivity contribution in [3.63, 3.8) is 0 Å². The quantitative estimate of drug-likeness (QED) is 0.563. The summed E-state index contributed by atoms with van der Waals surface area (Å²) in [5.74, 6) is -1.29. The van der Waals surface area contributed by atoms with E-state index < -0.39 is 17.9 Å². The van der Waals surface area contributed by atoms with Crippen LogP contribution in [-0.4, -0.2) is 51.0 Å². The predicted molar refractivity (Wildman–Crippen MR) is 81.8 cm³/mol. The molecule has 2 N–H and O–H groups in total. The fourth-order valence-corrected chi connectivity index (χ4v) is 2.49. The number of thioether (sulfide) groups is 1. The van der Waals surface area contributed by atoms with Gasteiger partial charge in [0.2, 0.25) is 17.7 Å². The fourth-order valence-electron chi connectivity index (χ4n) is 1.97. The van der Waals surface area contributed by atoms with Gasteiger partial charge in [-0.3, -0.25) is 14.5 Å². The minimum absolute atomic E-state index is 0.0199. The standard InChI is InChI=1S/C13H15N5O4S/c1-3-4-18-11(20)8(7(2)15-12(18)21)5-10-16-17-13(22-10)23-6-9(14)19/h3,8H,1,4-6H2,2H3,(H2,14,19). The molecule has 122 valence electrons. The molecule has 0 aliphatic carbocycles. The van der Waals surface area contributed by atoms with Gasteiger partial charge in [-0.15, -0.1) is 16.8 Å². The molecule has 4 amide bonds. The molecule has 0 spiro atoms. The average molecular weight is 337 g/mol. The van der Waals surface area contributed by atoms with E-state index in [9.17, 15) is 14.4 Å². The van der Waals surface area contributed by atoms with Crippen molar-refractivity contribution in [1.82, 2.24) is 15.1 Å². The van der Waals surface area contributed by atoms with Crippen molar-refractivity contribution in [3.8, 4) is 0 Å². The first-order valence-electron chi connectivity index (χ1n) is 6.67. The van der Waals surface area contributed by atoms with Crippen LogP contribution in [0.2, 0.25) is 0 Å². The Morgan fingerprint density at radius 2 is 2.22 bits per heavy atom. The molecule has 9 nitrogen and oxygen atoms in total. The SMILES string of the molecule is C=CCN1C(=O)N=C(C)C(Cc2nnc(SCC(N)=O)o2)C1=O. The molecule has 10 heteroatoms. The predicted octanol–water partition coefficient (Wildman–Crippen LogP) is 0.415. The van der Waals surface area contributed by atoms with E-state index in [1.165, 1.54) is 6.08 Å². The van der Waals surface area contributed by atoms with Crippen LogP contribution >= 0.6 is 11.8 Å². The van der Waals surface area contributed by atoms with E-state index in [4.69, 9.17) is 10.2 Å². The van der Waals surface area contributed by atoms with E-state index in [0.717, 1.165) is 16.7 Å². The molecule has 0 saturated heterocycles. The molecule has 23 heavy (non-hydrogen) atoms. The van der Waals surface area contributed by atoms with Gasteiger partial charge in [0.15, 0.2) is 0 Å². The van der Waals surface area contributed by atoms with Crippen molar-refractivity contribution in [2.75, 3.05) is 12.3 Å². The van der Waals surface area contributed by atoms with Gasteiger partial charge < -0.3 is 10.2 Å². The number of nitrogens with zero attached hydrogens (tertiary/aromatic N) is 4. The van der Waals surface area contributed by atoms with Gasteiger partial charge in [-0.05, 0) is 6.92 Å². The number of carbonyl (C=O) groups excluding carboxylic acids is 3. The monoisotopic (exact) mass is 337 g/mol. The topological polar surface area (TPSA) is 132 Å². The maximum absolute atomic E-state index is 12.4. The molecule has 1 aromatic heterocycles. The maximum Gasteiger partial charge on any atom is 0.350 e. The molecule has 0 saturated carbocycles. The summed E-state index contributed by atoms with van der Waals surface area (Å²) in [4.78, 5) is 39.7. The lowest BCUT2D eigenvalue weighted by Gasteiger charge is -2.27. The number of aromatic nitrogens is 2. The third-order valence-electron chi connectivity index (χ3n) is 3.05. The van der Waals surface area contributed by atoms with Gasteiger partial charge in [-0.25, -0.2) is 9.79 Å². The largest absolute Gasteiger partial charge is 0.416 e. The van der Waals surface area contributed by atoms with Crippen LogP contribution in [0.4, 0.5) is 4.79 Å². The summed E-state index contributed by atoms with van der Waals surface area (Å²) in [5, 5.41) is 7.78. The van der Waals surface area contributed by atoms with E-state index >= 15 is 0 Å². The van der Waals surface area contributed by atoms with Crippen molar-refractivity contribution in [3.05, 3.63) is 18.5 Å². The third-order valence-corrected chi connectivity index (χ3v) is 3.89. The number of amides is 4. The molecule has 0 aromatic carbocycles. The minimum Gasteiger partial charge on any atom is -0.416 e. The zero-order valence-corrected chi connectivity index (χ0v) is 13.2. The molecule has 1 aliphatic rings. The van der Waals surface area contributed by atoms with Crippen LogP contribution in [0, 0.1) is 5.92 Å². The van der Waals surface area contributed by atoms with Crippen LogP contribution in [0.3, 0.4) is 0 Å². The highest BCUT2D eigenvalue weighted by Crippen LogP contribution is 2.21. The van der Waals surface area contributed by atoms with Crippen LogP contribution in [-0.2, 0) is 16.0 Å². The normalized spacial score (nSPS) is 18.0. The Balaban J connectivity index is 2.10. The van der Waals surface area contributed by atoms with E-state index in [1.807, 2.05) is 0 Å². The molecular weight excluding hydrogens is 322 g/mol. The highest BCUT2D eigenvalue weighted by Gasteiger charge is 2.36. The Hall–Kier alpha value is -2.49. The van der Waals surface area contributed by atoms with Crippen LogP contribution in [0.1, 0.15) is 12.8 Å². The number of rotatable bonds is 7. The van der Waals surface area contributed by atoms with Gasteiger partial charge >= 0.3 is 6.03 Å². The molecule has 2 rings (SSSR count). The lowest BCUT2D eigenvalue weighted by atomic mass is 9.97. The number of hydrogen-bond acceptors (Lipinski definition) is 7. The second kappa shape index (κ2) is 7.18. The van der Waals surface area contributed by atoms with Crippen LogP contribution in [0.25, 0.3) is 0 Å². The molecule has 1 aromatic rings. The number of carbonyl (C=O) groups is 3. The van der Waals surface area contributed by atoms with E-state index in [-0.39, 0.29) is 35.7 Å². The second-order valence-corrected chi connectivity index (χ2v) is 5.67. The Morgan fingerprint density at radius 1 is 1.48 bits per heavy atom. The minimum atomic E-state index is -0.651. The number of nitrogens with two attached hydrogens (primary N) is 1. The number of urea groups is 1. The molecule has 1 atom stereocenters.